The lowest BCUT2D eigenvalue weighted by molar-refractivity contribution is -0.120. The number of nitrogens with one attached hydrogen (secondary N) is 2. The fraction of sp³-hybridized carbons (Fsp3) is 0.300. The summed E-state index contributed by atoms with van der Waals surface area (Å²) in [4.78, 5) is 28.7. The van der Waals surface area contributed by atoms with Crippen LogP contribution in [0.2, 0.25) is 5.02 Å². The molecule has 0 amide bonds. The van der Waals surface area contributed by atoms with E-state index in [1.54, 1.807) is 24.7 Å². The topological polar surface area (TPSA) is 83.6 Å². The van der Waals surface area contributed by atoms with E-state index in [1.807, 2.05) is 19.9 Å². The van der Waals surface area contributed by atoms with Gasteiger partial charge in [-0.1, -0.05) is 25.4 Å². The summed E-state index contributed by atoms with van der Waals surface area (Å²) in [6.07, 6.45) is 11.1. The molecule has 3 heterocycles. The van der Waals surface area contributed by atoms with Crippen LogP contribution >= 0.6 is 11.6 Å². The van der Waals surface area contributed by atoms with Crippen LogP contribution in [-0.2, 0) is 4.79 Å². The van der Waals surface area contributed by atoms with Gasteiger partial charge < -0.3 is 10.3 Å². The minimum Gasteiger partial charge on any atom is -0.360 e. The predicted octanol–water partition coefficient (Wildman–Crippen LogP) is 4.83. The summed E-state index contributed by atoms with van der Waals surface area (Å²) in [7, 11) is 0. The van der Waals surface area contributed by atoms with Crippen molar-refractivity contribution in [3.63, 3.8) is 0 Å². The van der Waals surface area contributed by atoms with E-state index in [9.17, 15) is 4.79 Å². The Kier molecular flexibility index (Phi) is 5.72. The second-order valence-corrected chi connectivity index (χ2v) is 6.99. The second-order valence-electron chi connectivity index (χ2n) is 6.55. The van der Waals surface area contributed by atoms with Crippen molar-refractivity contribution in [3.05, 3.63) is 35.7 Å². The number of hydrogen-bond donors (Lipinski definition) is 2. The fourth-order valence-corrected chi connectivity index (χ4v) is 3.02. The molecule has 3 aromatic heterocycles. The summed E-state index contributed by atoms with van der Waals surface area (Å²) in [5.41, 5.74) is 1.50. The molecule has 0 aliphatic carbocycles. The van der Waals surface area contributed by atoms with E-state index in [1.165, 1.54) is 0 Å². The molecule has 144 valence electrons. The Labute approximate surface area is 167 Å². The number of aromatic amines is 1. The SMILES string of the molecule is C#CCCC(=O)[C@H](Nc1ccnc(-c2c[nH]c3ncc(Cl)cc23)n1)C(C)C.[HH].[HH].[HH]. The molecular formula is C20H26ClN5O. The average molecular weight is 388 g/mol. The van der Waals surface area contributed by atoms with Gasteiger partial charge in [-0.05, 0) is 18.1 Å². The molecule has 0 saturated heterocycles. The monoisotopic (exact) mass is 387 g/mol. The highest BCUT2D eigenvalue weighted by atomic mass is 35.5. The maximum absolute atomic E-state index is 12.4. The number of Topliss-reactive ketones (excluding diaryl/α,β-unsaturated/α-hetero) is 1. The summed E-state index contributed by atoms with van der Waals surface area (Å²) in [5, 5.41) is 4.60. The lowest BCUT2D eigenvalue weighted by Crippen LogP contribution is -2.34. The van der Waals surface area contributed by atoms with Gasteiger partial charge in [-0.15, -0.1) is 12.3 Å². The predicted molar refractivity (Wildman–Crippen MR) is 114 cm³/mol. The number of rotatable bonds is 7. The van der Waals surface area contributed by atoms with Gasteiger partial charge in [-0.3, -0.25) is 4.79 Å². The standard InChI is InChI=1S/C20H20ClN5O.3H2/c1-4-5-6-16(27)18(12(2)3)25-17-7-8-22-20(26-17)15-11-24-19-14(15)9-13(21)10-23-19;;;/h1,7-12,18H,5-6H2,2-3H3,(H,23,24)(H,22,25,26);3*1H/t18-;;;/m1.../s1. The number of carbonyl (C=O) groups is 1. The number of anilines is 1. The van der Waals surface area contributed by atoms with Gasteiger partial charge in [0.1, 0.15) is 11.5 Å². The Morgan fingerprint density at radius 2 is 2.26 bits per heavy atom. The number of pyridine rings is 1. The molecule has 0 bridgehead atoms. The third-order valence-electron chi connectivity index (χ3n) is 4.23. The van der Waals surface area contributed by atoms with Crippen molar-refractivity contribution in [2.75, 3.05) is 5.32 Å². The summed E-state index contributed by atoms with van der Waals surface area (Å²) in [6, 6.07) is 3.20. The second kappa shape index (κ2) is 8.19. The van der Waals surface area contributed by atoms with Gasteiger partial charge in [0.05, 0.1) is 11.1 Å². The molecule has 0 aliphatic heterocycles. The lowest BCUT2D eigenvalue weighted by atomic mass is 9.97. The number of fused-ring (bicyclic) bond motifs is 1. The Bertz CT molecular complexity index is 1020. The van der Waals surface area contributed by atoms with Crippen LogP contribution in [0, 0.1) is 18.3 Å². The molecule has 7 heteroatoms. The van der Waals surface area contributed by atoms with Crippen molar-refractivity contribution in [2.24, 2.45) is 5.92 Å². The fourth-order valence-electron chi connectivity index (χ4n) is 2.86. The molecule has 3 aromatic rings. The molecule has 1 atom stereocenters. The van der Waals surface area contributed by atoms with Gasteiger partial charge in [-0.25, -0.2) is 15.0 Å². The van der Waals surface area contributed by atoms with Crippen molar-refractivity contribution in [1.82, 2.24) is 19.9 Å². The lowest BCUT2D eigenvalue weighted by Gasteiger charge is -2.21. The highest BCUT2D eigenvalue weighted by molar-refractivity contribution is 6.31. The number of hydrogen-bond acceptors (Lipinski definition) is 5. The zero-order valence-corrected chi connectivity index (χ0v) is 15.9. The Balaban J connectivity index is 0.00000280. The number of carbonyl (C=O) groups excluding carboxylic acids is 1. The highest BCUT2D eigenvalue weighted by Crippen LogP contribution is 2.27. The van der Waals surface area contributed by atoms with Crippen LogP contribution in [0.4, 0.5) is 5.82 Å². The van der Waals surface area contributed by atoms with E-state index in [2.05, 4.69) is 31.2 Å². The molecule has 0 aliphatic rings. The molecule has 0 radical (unpaired) electrons. The first-order valence-corrected chi connectivity index (χ1v) is 9.06. The molecule has 2 N–H and O–H groups in total. The average Bonchev–Trinajstić information content (AvgIpc) is 3.07. The van der Waals surface area contributed by atoms with Crippen LogP contribution in [0.3, 0.4) is 0 Å². The molecular weight excluding hydrogens is 362 g/mol. The van der Waals surface area contributed by atoms with Crippen molar-refractivity contribution in [2.45, 2.75) is 32.7 Å². The van der Waals surface area contributed by atoms with E-state index < -0.39 is 0 Å². The first kappa shape index (κ1) is 18.9. The number of H-pyrrole nitrogens is 1. The van der Waals surface area contributed by atoms with E-state index in [-0.39, 0.29) is 22.0 Å². The van der Waals surface area contributed by atoms with Crippen molar-refractivity contribution in [1.29, 1.82) is 0 Å². The van der Waals surface area contributed by atoms with Gasteiger partial charge in [0.25, 0.3) is 0 Å². The largest absolute Gasteiger partial charge is 0.360 e. The highest BCUT2D eigenvalue weighted by Gasteiger charge is 2.22. The Morgan fingerprint density at radius 1 is 1.44 bits per heavy atom. The molecule has 0 unspecified atom stereocenters. The van der Waals surface area contributed by atoms with Gasteiger partial charge in [0.15, 0.2) is 11.6 Å². The van der Waals surface area contributed by atoms with E-state index in [0.29, 0.717) is 35.2 Å². The summed E-state index contributed by atoms with van der Waals surface area (Å²) >= 11 is 6.07. The number of ketones is 1. The van der Waals surface area contributed by atoms with E-state index in [4.69, 9.17) is 18.0 Å². The maximum atomic E-state index is 12.4. The first-order valence-electron chi connectivity index (χ1n) is 8.68. The van der Waals surface area contributed by atoms with Crippen LogP contribution in [-0.4, -0.2) is 31.8 Å². The van der Waals surface area contributed by atoms with E-state index in [0.717, 1.165) is 10.9 Å². The third kappa shape index (κ3) is 4.26. The van der Waals surface area contributed by atoms with Crippen LogP contribution in [0.5, 0.6) is 0 Å². The van der Waals surface area contributed by atoms with Gasteiger partial charge >= 0.3 is 0 Å². The normalized spacial score (nSPS) is 12.1. The number of terminal acetylenes is 1. The van der Waals surface area contributed by atoms with Crippen LogP contribution in [0.1, 0.15) is 31.0 Å². The minimum atomic E-state index is -0.361. The molecule has 6 nitrogen and oxygen atoms in total. The van der Waals surface area contributed by atoms with Crippen molar-refractivity contribution in [3.8, 4) is 23.7 Å². The summed E-state index contributed by atoms with van der Waals surface area (Å²) < 4.78 is 0. The minimum absolute atomic E-state index is 0. The molecule has 0 spiro atoms. The van der Waals surface area contributed by atoms with Gasteiger partial charge in [-0.2, -0.15) is 0 Å². The van der Waals surface area contributed by atoms with Gasteiger partial charge in [0.2, 0.25) is 0 Å². The summed E-state index contributed by atoms with van der Waals surface area (Å²) in [5.74, 6) is 3.79. The third-order valence-corrected chi connectivity index (χ3v) is 4.43. The number of halogens is 1. The van der Waals surface area contributed by atoms with Crippen LogP contribution in [0.15, 0.2) is 30.7 Å². The molecule has 27 heavy (non-hydrogen) atoms. The van der Waals surface area contributed by atoms with E-state index >= 15 is 0 Å². The Hall–Kier alpha value is -2.91. The molecule has 3 rings (SSSR count). The quantitative estimate of drug-likeness (QED) is 0.567. The zero-order chi connectivity index (χ0) is 19.4. The number of aromatic nitrogens is 4. The zero-order valence-electron chi connectivity index (χ0n) is 15.2. The molecule has 0 saturated carbocycles. The summed E-state index contributed by atoms with van der Waals surface area (Å²) in [6.45, 7) is 3.97. The van der Waals surface area contributed by atoms with Crippen LogP contribution < -0.4 is 5.32 Å². The van der Waals surface area contributed by atoms with Crippen molar-refractivity contribution >= 4 is 34.2 Å². The number of nitrogens with zero attached hydrogens (tertiary/aromatic N) is 3. The maximum Gasteiger partial charge on any atom is 0.163 e. The van der Waals surface area contributed by atoms with Gasteiger partial charge in [0, 0.05) is 46.7 Å². The molecule has 0 fully saturated rings. The first-order chi connectivity index (χ1) is 13.0. The Morgan fingerprint density at radius 3 is 3.00 bits per heavy atom. The molecule has 0 aromatic carbocycles. The van der Waals surface area contributed by atoms with Crippen LogP contribution in [0.25, 0.3) is 22.4 Å². The van der Waals surface area contributed by atoms with Crippen molar-refractivity contribution < 1.29 is 9.07 Å². The smallest absolute Gasteiger partial charge is 0.163 e.